The zero-order chi connectivity index (χ0) is 11.8. The standard InChI is InChI=1S/C13H17BrO2/c1-13(2,15)11-8-9(14)6-7-12(11)16-10-4-3-5-10/h6-8,10,15H,3-5H2,1-2H3. The summed E-state index contributed by atoms with van der Waals surface area (Å²) in [5.74, 6) is 0.806. The van der Waals surface area contributed by atoms with Gasteiger partial charge in [0.15, 0.2) is 0 Å². The van der Waals surface area contributed by atoms with Crippen molar-refractivity contribution in [3.05, 3.63) is 28.2 Å². The molecule has 1 fully saturated rings. The van der Waals surface area contributed by atoms with Crippen LogP contribution in [0.5, 0.6) is 5.75 Å². The Morgan fingerprint density at radius 1 is 1.38 bits per heavy atom. The first-order valence-corrected chi connectivity index (χ1v) is 6.45. The Kier molecular flexibility index (Phi) is 3.27. The predicted molar refractivity (Wildman–Crippen MR) is 67.7 cm³/mol. The van der Waals surface area contributed by atoms with E-state index in [-0.39, 0.29) is 0 Å². The van der Waals surface area contributed by atoms with Gasteiger partial charge in [0.2, 0.25) is 0 Å². The minimum absolute atomic E-state index is 0.335. The first-order chi connectivity index (χ1) is 7.47. The molecule has 0 amide bonds. The van der Waals surface area contributed by atoms with Gasteiger partial charge in [0.1, 0.15) is 5.75 Å². The van der Waals surface area contributed by atoms with Crippen LogP contribution in [0, 0.1) is 0 Å². The lowest BCUT2D eigenvalue weighted by molar-refractivity contribution is 0.0654. The highest BCUT2D eigenvalue weighted by molar-refractivity contribution is 9.10. The van der Waals surface area contributed by atoms with Crippen molar-refractivity contribution in [3.8, 4) is 5.75 Å². The summed E-state index contributed by atoms with van der Waals surface area (Å²) in [5, 5.41) is 10.1. The smallest absolute Gasteiger partial charge is 0.125 e. The second-order valence-corrected chi connectivity index (χ2v) is 5.79. The molecule has 1 saturated carbocycles. The van der Waals surface area contributed by atoms with Gasteiger partial charge < -0.3 is 9.84 Å². The van der Waals surface area contributed by atoms with E-state index in [4.69, 9.17) is 4.74 Å². The number of hydrogen-bond donors (Lipinski definition) is 1. The van der Waals surface area contributed by atoms with Crippen LogP contribution in [0.25, 0.3) is 0 Å². The van der Waals surface area contributed by atoms with E-state index < -0.39 is 5.60 Å². The average Bonchev–Trinajstić information content (AvgIpc) is 2.11. The monoisotopic (exact) mass is 284 g/mol. The summed E-state index contributed by atoms with van der Waals surface area (Å²) in [7, 11) is 0. The highest BCUT2D eigenvalue weighted by atomic mass is 79.9. The van der Waals surface area contributed by atoms with Crippen LogP contribution >= 0.6 is 15.9 Å². The molecule has 1 aromatic carbocycles. The molecular weight excluding hydrogens is 268 g/mol. The number of benzene rings is 1. The summed E-state index contributed by atoms with van der Waals surface area (Å²) < 4.78 is 6.85. The molecule has 1 aliphatic carbocycles. The Morgan fingerprint density at radius 3 is 2.56 bits per heavy atom. The van der Waals surface area contributed by atoms with Crippen molar-refractivity contribution in [1.29, 1.82) is 0 Å². The molecule has 3 heteroatoms. The van der Waals surface area contributed by atoms with Crippen LogP contribution < -0.4 is 4.74 Å². The molecule has 0 atom stereocenters. The number of aliphatic hydroxyl groups is 1. The summed E-state index contributed by atoms with van der Waals surface area (Å²) in [6.45, 7) is 3.56. The Morgan fingerprint density at radius 2 is 2.06 bits per heavy atom. The molecule has 0 saturated heterocycles. The van der Waals surface area contributed by atoms with Gasteiger partial charge in [-0.1, -0.05) is 15.9 Å². The Balaban J connectivity index is 2.28. The zero-order valence-electron chi connectivity index (χ0n) is 9.66. The van der Waals surface area contributed by atoms with Crippen molar-refractivity contribution in [2.45, 2.75) is 44.8 Å². The van der Waals surface area contributed by atoms with Crippen LogP contribution in [0.3, 0.4) is 0 Å². The van der Waals surface area contributed by atoms with Crippen LogP contribution in [0.4, 0.5) is 0 Å². The molecule has 0 spiro atoms. The lowest BCUT2D eigenvalue weighted by Gasteiger charge is -2.30. The summed E-state index contributed by atoms with van der Waals surface area (Å²) in [5.41, 5.74) is -0.0307. The van der Waals surface area contributed by atoms with E-state index >= 15 is 0 Å². The van der Waals surface area contributed by atoms with Gasteiger partial charge in [0.25, 0.3) is 0 Å². The van der Waals surface area contributed by atoms with E-state index in [1.165, 1.54) is 6.42 Å². The maximum Gasteiger partial charge on any atom is 0.125 e. The molecule has 2 rings (SSSR count). The van der Waals surface area contributed by atoms with Gasteiger partial charge in [0, 0.05) is 10.0 Å². The molecule has 0 aliphatic heterocycles. The summed E-state index contributed by atoms with van der Waals surface area (Å²) in [6.07, 6.45) is 3.84. The maximum atomic E-state index is 10.1. The first kappa shape index (κ1) is 11.9. The molecule has 1 aromatic rings. The van der Waals surface area contributed by atoms with Crippen molar-refractivity contribution in [2.24, 2.45) is 0 Å². The Bertz CT molecular complexity index is 378. The molecule has 16 heavy (non-hydrogen) atoms. The molecule has 0 bridgehead atoms. The third-order valence-corrected chi connectivity index (χ3v) is 3.44. The number of halogens is 1. The highest BCUT2D eigenvalue weighted by Crippen LogP contribution is 2.35. The average molecular weight is 285 g/mol. The molecule has 1 N–H and O–H groups in total. The van der Waals surface area contributed by atoms with Crippen LogP contribution in [0.15, 0.2) is 22.7 Å². The second kappa shape index (κ2) is 4.38. The van der Waals surface area contributed by atoms with Gasteiger partial charge in [-0.3, -0.25) is 0 Å². The number of ether oxygens (including phenoxy) is 1. The van der Waals surface area contributed by atoms with Crippen LogP contribution in [-0.4, -0.2) is 11.2 Å². The van der Waals surface area contributed by atoms with E-state index in [0.29, 0.717) is 6.10 Å². The van der Waals surface area contributed by atoms with Gasteiger partial charge in [-0.25, -0.2) is 0 Å². The minimum atomic E-state index is -0.872. The number of rotatable bonds is 3. The Labute approximate surface area is 105 Å². The molecule has 0 radical (unpaired) electrons. The van der Waals surface area contributed by atoms with E-state index in [9.17, 15) is 5.11 Å². The van der Waals surface area contributed by atoms with Gasteiger partial charge in [-0.15, -0.1) is 0 Å². The fourth-order valence-electron chi connectivity index (χ4n) is 1.75. The van der Waals surface area contributed by atoms with Crippen LogP contribution in [0.2, 0.25) is 0 Å². The van der Waals surface area contributed by atoms with E-state index in [1.807, 2.05) is 18.2 Å². The normalized spacial score (nSPS) is 17.0. The van der Waals surface area contributed by atoms with Crippen molar-refractivity contribution < 1.29 is 9.84 Å². The van der Waals surface area contributed by atoms with Crippen LogP contribution in [0.1, 0.15) is 38.7 Å². The lowest BCUT2D eigenvalue weighted by atomic mass is 9.94. The fraction of sp³-hybridized carbons (Fsp3) is 0.538. The molecule has 2 nitrogen and oxygen atoms in total. The molecule has 0 aromatic heterocycles. The van der Waals surface area contributed by atoms with Gasteiger partial charge in [0.05, 0.1) is 11.7 Å². The van der Waals surface area contributed by atoms with Gasteiger partial charge in [-0.05, 0) is 51.3 Å². The lowest BCUT2D eigenvalue weighted by Crippen LogP contribution is -2.26. The summed E-state index contributed by atoms with van der Waals surface area (Å²) >= 11 is 3.42. The highest BCUT2D eigenvalue weighted by Gasteiger charge is 2.25. The fourth-order valence-corrected chi connectivity index (χ4v) is 2.11. The SMILES string of the molecule is CC(C)(O)c1cc(Br)ccc1OC1CCC1. The predicted octanol–water partition coefficient (Wildman–Crippen LogP) is 3.61. The molecule has 88 valence electrons. The van der Waals surface area contributed by atoms with Crippen molar-refractivity contribution in [2.75, 3.05) is 0 Å². The largest absolute Gasteiger partial charge is 0.490 e. The van der Waals surface area contributed by atoms with Crippen molar-refractivity contribution in [3.63, 3.8) is 0 Å². The summed E-state index contributed by atoms with van der Waals surface area (Å²) in [6, 6.07) is 5.80. The molecule has 0 unspecified atom stereocenters. The molecule has 1 aliphatic rings. The maximum absolute atomic E-state index is 10.1. The third kappa shape index (κ3) is 2.58. The second-order valence-electron chi connectivity index (χ2n) is 4.87. The van der Waals surface area contributed by atoms with Gasteiger partial charge >= 0.3 is 0 Å². The molecular formula is C13H17BrO2. The van der Waals surface area contributed by atoms with E-state index in [2.05, 4.69) is 15.9 Å². The van der Waals surface area contributed by atoms with E-state index in [0.717, 1.165) is 28.6 Å². The van der Waals surface area contributed by atoms with E-state index in [1.54, 1.807) is 13.8 Å². The van der Waals surface area contributed by atoms with Gasteiger partial charge in [-0.2, -0.15) is 0 Å². The quantitative estimate of drug-likeness (QED) is 0.919. The molecule has 0 heterocycles. The van der Waals surface area contributed by atoms with Crippen molar-refractivity contribution >= 4 is 15.9 Å². The van der Waals surface area contributed by atoms with Crippen LogP contribution in [-0.2, 0) is 5.60 Å². The summed E-state index contributed by atoms with van der Waals surface area (Å²) in [4.78, 5) is 0. The van der Waals surface area contributed by atoms with Crippen molar-refractivity contribution in [1.82, 2.24) is 0 Å². The third-order valence-electron chi connectivity index (χ3n) is 2.95. The number of hydrogen-bond acceptors (Lipinski definition) is 2. The topological polar surface area (TPSA) is 29.5 Å². The minimum Gasteiger partial charge on any atom is -0.490 e. The zero-order valence-corrected chi connectivity index (χ0v) is 11.3. The first-order valence-electron chi connectivity index (χ1n) is 5.66. The Hall–Kier alpha value is -0.540.